The molecule has 0 fully saturated rings. The van der Waals surface area contributed by atoms with Crippen LogP contribution in [0.2, 0.25) is 0 Å². The minimum atomic E-state index is 0.549. The van der Waals surface area contributed by atoms with Crippen LogP contribution in [-0.2, 0) is 13.0 Å². The lowest BCUT2D eigenvalue weighted by molar-refractivity contribution is 0.318. The third-order valence-corrected chi connectivity index (χ3v) is 3.30. The Labute approximate surface area is 126 Å². The monoisotopic (exact) mass is 285 g/mol. The normalized spacial score (nSPS) is 10.7. The summed E-state index contributed by atoms with van der Waals surface area (Å²) in [7, 11) is 0. The second kappa shape index (κ2) is 7.70. The highest BCUT2D eigenvalue weighted by molar-refractivity contribution is 5.78. The van der Waals surface area contributed by atoms with Crippen molar-refractivity contribution in [2.75, 3.05) is 19.7 Å². The maximum Gasteiger partial charge on any atom is 0.121 e. The van der Waals surface area contributed by atoms with Gasteiger partial charge in [0.15, 0.2) is 0 Å². The Bertz CT molecular complexity index is 625. The Kier molecular flexibility index (Phi) is 5.65. The van der Waals surface area contributed by atoms with E-state index in [0.717, 1.165) is 55.1 Å². The number of benzene rings is 1. The molecule has 1 N–H and O–H groups in total. The molecule has 112 valence electrons. The molecule has 0 aliphatic rings. The first kappa shape index (κ1) is 15.4. The van der Waals surface area contributed by atoms with Crippen LogP contribution >= 0.6 is 0 Å². The summed E-state index contributed by atoms with van der Waals surface area (Å²) in [5.74, 6) is 4.61. The molecule has 1 aromatic heterocycles. The fourth-order valence-electron chi connectivity index (χ4n) is 2.30. The molecule has 0 radical (unpaired) electrons. The Hall–Kier alpha value is -1.99. The van der Waals surface area contributed by atoms with E-state index in [9.17, 15) is 0 Å². The highest BCUT2D eigenvalue weighted by Gasteiger charge is 2.10. The number of imidazole rings is 1. The van der Waals surface area contributed by atoms with Gasteiger partial charge in [0, 0.05) is 19.0 Å². The van der Waals surface area contributed by atoms with Gasteiger partial charge in [-0.2, -0.15) is 0 Å². The van der Waals surface area contributed by atoms with Gasteiger partial charge in [0.05, 0.1) is 24.2 Å². The number of nitrogens with zero attached hydrogens (tertiary/aromatic N) is 2. The first-order valence-corrected chi connectivity index (χ1v) is 7.56. The third kappa shape index (κ3) is 3.77. The summed E-state index contributed by atoms with van der Waals surface area (Å²) in [6, 6.07) is 6.02. The van der Waals surface area contributed by atoms with E-state index in [1.807, 2.05) is 18.2 Å². The SMILES string of the molecule is C#CCn1c(CCNCC)nc2cc(OCCC)ccc21. The molecule has 0 aliphatic heterocycles. The van der Waals surface area contributed by atoms with Crippen molar-refractivity contribution < 1.29 is 4.74 Å². The minimum absolute atomic E-state index is 0.549. The predicted molar refractivity (Wildman–Crippen MR) is 86.6 cm³/mol. The lowest BCUT2D eigenvalue weighted by Gasteiger charge is -2.06. The summed E-state index contributed by atoms with van der Waals surface area (Å²) in [4.78, 5) is 4.72. The molecule has 2 aromatic rings. The molecule has 0 unspecified atom stereocenters. The van der Waals surface area contributed by atoms with Crippen LogP contribution in [-0.4, -0.2) is 29.2 Å². The summed E-state index contributed by atoms with van der Waals surface area (Å²) in [6.45, 7) is 7.34. The second-order valence-corrected chi connectivity index (χ2v) is 4.92. The molecule has 0 aliphatic carbocycles. The van der Waals surface area contributed by atoms with Gasteiger partial charge in [-0.05, 0) is 25.1 Å². The van der Waals surface area contributed by atoms with E-state index in [-0.39, 0.29) is 0 Å². The van der Waals surface area contributed by atoms with Crippen LogP contribution in [0.3, 0.4) is 0 Å². The van der Waals surface area contributed by atoms with Gasteiger partial charge in [-0.3, -0.25) is 0 Å². The van der Waals surface area contributed by atoms with Crippen LogP contribution < -0.4 is 10.1 Å². The predicted octanol–water partition coefficient (Wildman–Crippen LogP) is 2.61. The maximum absolute atomic E-state index is 5.67. The highest BCUT2D eigenvalue weighted by Crippen LogP contribution is 2.22. The first-order chi connectivity index (χ1) is 10.3. The molecule has 4 nitrogen and oxygen atoms in total. The molecule has 2 rings (SSSR count). The number of ether oxygens (including phenoxy) is 1. The van der Waals surface area contributed by atoms with E-state index < -0.39 is 0 Å². The molecule has 4 heteroatoms. The maximum atomic E-state index is 5.67. The summed E-state index contributed by atoms with van der Waals surface area (Å²) in [6.07, 6.45) is 7.36. The lowest BCUT2D eigenvalue weighted by Crippen LogP contribution is -2.18. The molecule has 0 saturated carbocycles. The number of aromatic nitrogens is 2. The van der Waals surface area contributed by atoms with Crippen LogP contribution in [0.5, 0.6) is 5.75 Å². The molecule has 1 heterocycles. The minimum Gasteiger partial charge on any atom is -0.494 e. The smallest absolute Gasteiger partial charge is 0.121 e. The van der Waals surface area contributed by atoms with Gasteiger partial charge in [-0.1, -0.05) is 19.8 Å². The second-order valence-electron chi connectivity index (χ2n) is 4.92. The van der Waals surface area contributed by atoms with Gasteiger partial charge in [-0.25, -0.2) is 4.98 Å². The summed E-state index contributed by atoms with van der Waals surface area (Å²) in [5, 5.41) is 3.32. The van der Waals surface area contributed by atoms with Gasteiger partial charge >= 0.3 is 0 Å². The summed E-state index contributed by atoms with van der Waals surface area (Å²) >= 11 is 0. The number of hydrogen-bond donors (Lipinski definition) is 1. The molecular formula is C17H23N3O. The van der Waals surface area contributed by atoms with Gasteiger partial charge in [0.25, 0.3) is 0 Å². The number of hydrogen-bond acceptors (Lipinski definition) is 3. The number of terminal acetylenes is 1. The standard InChI is InChI=1S/C17H23N3O/c1-4-11-20-16-8-7-14(21-12-5-2)13-15(16)19-17(20)9-10-18-6-3/h1,7-8,13,18H,5-6,9-12H2,2-3H3. The van der Waals surface area contributed by atoms with Crippen LogP contribution in [0.1, 0.15) is 26.1 Å². The molecule has 21 heavy (non-hydrogen) atoms. The molecule has 0 bridgehead atoms. The van der Waals surface area contributed by atoms with Crippen molar-refractivity contribution in [3.8, 4) is 18.1 Å². The largest absolute Gasteiger partial charge is 0.494 e. The van der Waals surface area contributed by atoms with Crippen LogP contribution in [0.4, 0.5) is 0 Å². The molecule has 0 amide bonds. The topological polar surface area (TPSA) is 39.1 Å². The van der Waals surface area contributed by atoms with Crippen molar-refractivity contribution >= 4 is 11.0 Å². The zero-order valence-electron chi connectivity index (χ0n) is 12.9. The molecule has 0 saturated heterocycles. The molecule has 0 spiro atoms. The Balaban J connectivity index is 2.29. The number of fused-ring (bicyclic) bond motifs is 1. The van der Waals surface area contributed by atoms with E-state index in [1.54, 1.807) is 0 Å². The fraction of sp³-hybridized carbons (Fsp3) is 0.471. The number of nitrogens with one attached hydrogen (secondary N) is 1. The zero-order chi connectivity index (χ0) is 15.1. The van der Waals surface area contributed by atoms with Crippen molar-refractivity contribution in [1.82, 2.24) is 14.9 Å². The quantitative estimate of drug-likeness (QED) is 0.598. The third-order valence-electron chi connectivity index (χ3n) is 3.30. The van der Waals surface area contributed by atoms with E-state index in [4.69, 9.17) is 16.1 Å². The van der Waals surface area contributed by atoms with Crippen molar-refractivity contribution in [2.24, 2.45) is 0 Å². The van der Waals surface area contributed by atoms with Gasteiger partial charge in [-0.15, -0.1) is 6.42 Å². The number of likely N-dealkylation sites (N-methyl/N-ethyl adjacent to an activating group) is 1. The van der Waals surface area contributed by atoms with Crippen molar-refractivity contribution in [3.63, 3.8) is 0 Å². The Morgan fingerprint density at radius 1 is 1.38 bits per heavy atom. The van der Waals surface area contributed by atoms with Gasteiger partial charge < -0.3 is 14.6 Å². The molecule has 1 aromatic carbocycles. The Morgan fingerprint density at radius 2 is 2.24 bits per heavy atom. The van der Waals surface area contributed by atoms with Gasteiger partial charge in [0.1, 0.15) is 11.6 Å². The van der Waals surface area contributed by atoms with Gasteiger partial charge in [0.2, 0.25) is 0 Å². The van der Waals surface area contributed by atoms with Crippen molar-refractivity contribution in [2.45, 2.75) is 33.2 Å². The molecule has 0 atom stereocenters. The average molecular weight is 285 g/mol. The fourth-order valence-corrected chi connectivity index (χ4v) is 2.30. The van der Waals surface area contributed by atoms with Crippen LogP contribution in [0, 0.1) is 12.3 Å². The van der Waals surface area contributed by atoms with E-state index in [2.05, 4.69) is 29.7 Å². The van der Waals surface area contributed by atoms with E-state index >= 15 is 0 Å². The van der Waals surface area contributed by atoms with Crippen LogP contribution in [0.15, 0.2) is 18.2 Å². The number of rotatable bonds is 8. The summed E-state index contributed by atoms with van der Waals surface area (Å²) < 4.78 is 7.78. The summed E-state index contributed by atoms with van der Waals surface area (Å²) in [5.41, 5.74) is 2.02. The molecular weight excluding hydrogens is 262 g/mol. The highest BCUT2D eigenvalue weighted by atomic mass is 16.5. The van der Waals surface area contributed by atoms with E-state index in [0.29, 0.717) is 6.54 Å². The zero-order valence-corrected chi connectivity index (χ0v) is 12.9. The lowest BCUT2D eigenvalue weighted by atomic mass is 10.3. The van der Waals surface area contributed by atoms with E-state index in [1.165, 1.54) is 0 Å². The Morgan fingerprint density at radius 3 is 2.95 bits per heavy atom. The first-order valence-electron chi connectivity index (χ1n) is 7.56. The van der Waals surface area contributed by atoms with Crippen LogP contribution in [0.25, 0.3) is 11.0 Å². The average Bonchev–Trinajstić information content (AvgIpc) is 2.83. The van der Waals surface area contributed by atoms with Crippen molar-refractivity contribution in [1.29, 1.82) is 0 Å². The van der Waals surface area contributed by atoms with Crippen molar-refractivity contribution in [3.05, 3.63) is 24.0 Å².